The molecule has 0 spiro atoms. The zero-order valence-corrected chi connectivity index (χ0v) is 20.9. The van der Waals surface area contributed by atoms with Gasteiger partial charge in [0.2, 0.25) is 0 Å². The highest BCUT2D eigenvalue weighted by Gasteiger charge is 2.33. The van der Waals surface area contributed by atoms with Gasteiger partial charge >= 0.3 is 0 Å². The molecule has 0 aromatic carbocycles. The predicted molar refractivity (Wildman–Crippen MR) is 135 cm³/mol. The summed E-state index contributed by atoms with van der Waals surface area (Å²) in [5, 5.41) is 9.62. The molecule has 2 fully saturated rings. The largest absolute Gasteiger partial charge is 0.355 e. The van der Waals surface area contributed by atoms with Crippen LogP contribution < -0.4 is 10.5 Å². The fourth-order valence-electron chi connectivity index (χ4n) is 4.13. The third-order valence-corrected chi connectivity index (χ3v) is 7.53. The van der Waals surface area contributed by atoms with Gasteiger partial charge in [-0.15, -0.1) is 0 Å². The number of rotatable bonds is 7. The number of thiocarbonyl (C=S) groups is 1. The van der Waals surface area contributed by atoms with Gasteiger partial charge in [-0.25, -0.2) is 0 Å². The standard InChI is InChI=1S/C23H31N5O2S2/c1-5-6-7-8-9-28-22(30)19(32-23(28)31)14-17-16(2)18(15-24)21(29)26(4)20(17)27-12-10-25(3)11-13-27/h14H,5-13H2,1-4H3/b19-14+. The first-order chi connectivity index (χ1) is 15.3. The summed E-state index contributed by atoms with van der Waals surface area (Å²) in [5.74, 6) is 0.667. The second kappa shape index (κ2) is 10.6. The van der Waals surface area contributed by atoms with Gasteiger partial charge < -0.3 is 9.80 Å². The Kier molecular flexibility index (Phi) is 8.15. The number of aromatic nitrogens is 1. The topological polar surface area (TPSA) is 72.6 Å². The summed E-state index contributed by atoms with van der Waals surface area (Å²) in [6, 6.07) is 2.06. The fourth-order valence-corrected chi connectivity index (χ4v) is 5.42. The number of pyridine rings is 1. The molecule has 1 aromatic rings. The first kappa shape index (κ1) is 24.5. The lowest BCUT2D eigenvalue weighted by Gasteiger charge is -2.36. The maximum absolute atomic E-state index is 13.1. The van der Waals surface area contributed by atoms with Crippen LogP contribution in [0, 0.1) is 18.3 Å². The quantitative estimate of drug-likeness (QED) is 0.342. The van der Waals surface area contributed by atoms with Crippen LogP contribution in [0.4, 0.5) is 5.82 Å². The van der Waals surface area contributed by atoms with Gasteiger partial charge in [-0.1, -0.05) is 50.2 Å². The van der Waals surface area contributed by atoms with Crippen LogP contribution in [0.2, 0.25) is 0 Å². The number of anilines is 1. The van der Waals surface area contributed by atoms with Gasteiger partial charge in [0.15, 0.2) is 0 Å². The average molecular weight is 474 g/mol. The molecule has 0 atom stereocenters. The number of thioether (sulfide) groups is 1. The molecule has 3 heterocycles. The molecule has 7 nitrogen and oxygen atoms in total. The normalized spacial score (nSPS) is 18.7. The average Bonchev–Trinajstić information content (AvgIpc) is 3.03. The zero-order chi connectivity index (χ0) is 23.4. The summed E-state index contributed by atoms with van der Waals surface area (Å²) in [7, 11) is 3.78. The minimum Gasteiger partial charge on any atom is -0.355 e. The third-order valence-electron chi connectivity index (χ3n) is 6.16. The van der Waals surface area contributed by atoms with Crippen LogP contribution >= 0.6 is 24.0 Å². The van der Waals surface area contributed by atoms with Gasteiger partial charge in [0.1, 0.15) is 21.8 Å². The molecule has 0 saturated carbocycles. The molecule has 32 heavy (non-hydrogen) atoms. The number of hydrogen-bond donors (Lipinski definition) is 0. The van der Waals surface area contributed by atoms with Crippen molar-refractivity contribution in [2.24, 2.45) is 7.05 Å². The van der Waals surface area contributed by atoms with Crippen LogP contribution in [0.1, 0.15) is 49.3 Å². The number of likely N-dealkylation sites (N-methyl/N-ethyl adjacent to an activating group) is 1. The Balaban J connectivity index is 2.01. The monoisotopic (exact) mass is 473 g/mol. The van der Waals surface area contributed by atoms with E-state index in [1.807, 2.05) is 6.08 Å². The molecule has 2 saturated heterocycles. The summed E-state index contributed by atoms with van der Waals surface area (Å²) >= 11 is 6.79. The summed E-state index contributed by atoms with van der Waals surface area (Å²) in [5.41, 5.74) is 1.17. The van der Waals surface area contributed by atoms with Gasteiger partial charge in [-0.2, -0.15) is 5.26 Å². The van der Waals surface area contributed by atoms with E-state index in [1.54, 1.807) is 23.4 Å². The molecule has 0 N–H and O–H groups in total. The van der Waals surface area contributed by atoms with E-state index >= 15 is 0 Å². The minimum absolute atomic E-state index is 0.0902. The van der Waals surface area contributed by atoms with Crippen LogP contribution in [0.15, 0.2) is 9.70 Å². The van der Waals surface area contributed by atoms with E-state index in [2.05, 4.69) is 29.8 Å². The number of carbonyl (C=O) groups is 1. The Labute approximate surface area is 199 Å². The Morgan fingerprint density at radius 2 is 1.81 bits per heavy atom. The first-order valence-electron chi connectivity index (χ1n) is 11.1. The van der Waals surface area contributed by atoms with Crippen molar-refractivity contribution >= 4 is 46.1 Å². The van der Waals surface area contributed by atoms with E-state index in [0.29, 0.717) is 21.3 Å². The molecule has 2 aliphatic rings. The number of carbonyl (C=O) groups excluding carboxylic acids is 1. The molecule has 0 radical (unpaired) electrons. The molecule has 0 aliphatic carbocycles. The lowest BCUT2D eigenvalue weighted by molar-refractivity contribution is -0.122. The van der Waals surface area contributed by atoms with E-state index < -0.39 is 0 Å². The van der Waals surface area contributed by atoms with Gasteiger partial charge in [-0.3, -0.25) is 19.1 Å². The van der Waals surface area contributed by atoms with Crippen molar-refractivity contribution in [1.82, 2.24) is 14.4 Å². The van der Waals surface area contributed by atoms with Gasteiger partial charge in [-0.05, 0) is 32.0 Å². The Morgan fingerprint density at radius 1 is 1.12 bits per heavy atom. The van der Waals surface area contributed by atoms with E-state index in [0.717, 1.165) is 63.2 Å². The highest BCUT2D eigenvalue weighted by molar-refractivity contribution is 8.26. The van der Waals surface area contributed by atoms with Crippen LogP contribution in [-0.2, 0) is 11.8 Å². The minimum atomic E-state index is -0.306. The molecule has 9 heteroatoms. The highest BCUT2D eigenvalue weighted by Crippen LogP contribution is 2.36. The van der Waals surface area contributed by atoms with Crippen LogP contribution in [0.25, 0.3) is 6.08 Å². The summed E-state index contributed by atoms with van der Waals surface area (Å²) in [6.07, 6.45) is 6.12. The number of piperazine rings is 1. The molecule has 0 unspecified atom stereocenters. The van der Waals surface area contributed by atoms with Gasteiger partial charge in [0.25, 0.3) is 11.5 Å². The van der Waals surface area contributed by atoms with Crippen LogP contribution in [0.5, 0.6) is 0 Å². The molecule has 1 amide bonds. The summed E-state index contributed by atoms with van der Waals surface area (Å²) < 4.78 is 2.12. The van der Waals surface area contributed by atoms with Crippen molar-refractivity contribution in [2.75, 3.05) is 44.7 Å². The molecule has 0 bridgehead atoms. The number of nitriles is 1. The van der Waals surface area contributed by atoms with E-state index in [-0.39, 0.29) is 17.0 Å². The fraction of sp³-hybridized carbons (Fsp3) is 0.565. The molecule has 1 aromatic heterocycles. The number of amides is 1. The molecule has 172 valence electrons. The first-order valence-corrected chi connectivity index (χ1v) is 12.3. The van der Waals surface area contributed by atoms with Crippen molar-refractivity contribution in [2.45, 2.75) is 39.5 Å². The number of unbranched alkanes of at least 4 members (excludes halogenated alkanes) is 3. The Bertz CT molecular complexity index is 1030. The van der Waals surface area contributed by atoms with Gasteiger partial charge in [0.05, 0.1) is 4.91 Å². The molecular formula is C23H31N5O2S2. The Morgan fingerprint density at radius 3 is 2.44 bits per heavy atom. The van der Waals surface area contributed by atoms with E-state index in [4.69, 9.17) is 12.2 Å². The second-order valence-electron chi connectivity index (χ2n) is 8.40. The molecular weight excluding hydrogens is 442 g/mol. The van der Waals surface area contributed by atoms with E-state index in [9.17, 15) is 14.9 Å². The predicted octanol–water partition coefficient (Wildman–Crippen LogP) is 3.10. The summed E-state index contributed by atoms with van der Waals surface area (Å²) in [6.45, 7) is 7.88. The van der Waals surface area contributed by atoms with Crippen LogP contribution in [0.3, 0.4) is 0 Å². The second-order valence-corrected chi connectivity index (χ2v) is 10.1. The zero-order valence-electron chi connectivity index (χ0n) is 19.3. The van der Waals surface area contributed by atoms with Crippen molar-refractivity contribution in [3.63, 3.8) is 0 Å². The highest BCUT2D eigenvalue weighted by atomic mass is 32.2. The van der Waals surface area contributed by atoms with Crippen molar-refractivity contribution in [3.8, 4) is 6.07 Å². The van der Waals surface area contributed by atoms with Gasteiger partial charge in [0, 0.05) is 45.3 Å². The summed E-state index contributed by atoms with van der Waals surface area (Å²) in [4.78, 5) is 32.6. The maximum Gasteiger partial charge on any atom is 0.270 e. The lowest BCUT2D eigenvalue weighted by Crippen LogP contribution is -2.46. The lowest BCUT2D eigenvalue weighted by atomic mass is 10.0. The number of hydrogen-bond acceptors (Lipinski definition) is 7. The van der Waals surface area contributed by atoms with Crippen molar-refractivity contribution in [1.29, 1.82) is 5.26 Å². The number of nitrogens with zero attached hydrogens (tertiary/aromatic N) is 5. The Hall–Kier alpha value is -2.15. The SMILES string of the molecule is CCCCCCN1C(=O)/C(=C\c2c(C)c(C#N)c(=O)n(C)c2N2CCN(C)CC2)SC1=S. The maximum atomic E-state index is 13.1. The molecule has 3 rings (SSSR count). The third kappa shape index (κ3) is 4.92. The smallest absolute Gasteiger partial charge is 0.270 e. The van der Waals surface area contributed by atoms with Crippen LogP contribution in [-0.4, -0.2) is 64.4 Å². The molecule has 2 aliphatic heterocycles. The van der Waals surface area contributed by atoms with E-state index in [1.165, 1.54) is 11.8 Å². The van der Waals surface area contributed by atoms with Crippen molar-refractivity contribution in [3.05, 3.63) is 31.9 Å². The van der Waals surface area contributed by atoms with Crippen molar-refractivity contribution < 1.29 is 4.79 Å².